The Kier molecular flexibility index (Phi) is 4.81. The van der Waals surface area contributed by atoms with E-state index in [4.69, 9.17) is 0 Å². The largest absolute Gasteiger partial charge is 0.307 e. The van der Waals surface area contributed by atoms with E-state index in [1.54, 1.807) is 6.08 Å². The quantitative estimate of drug-likeness (QED) is 0.834. The summed E-state index contributed by atoms with van der Waals surface area (Å²) >= 11 is 0. The standard InChI is InChI=1S/C13H24N2O2S/c1-2-7-15-8-3-4-12(5-9-15)14-13-6-10-18(16,17)11-13/h6,10,12-14H,2-5,7-9,11H2,1H3. The van der Waals surface area contributed by atoms with Gasteiger partial charge in [0, 0.05) is 17.5 Å². The van der Waals surface area contributed by atoms with Crippen molar-refractivity contribution in [3.63, 3.8) is 0 Å². The molecule has 0 aromatic heterocycles. The normalized spacial score (nSPS) is 32.5. The minimum absolute atomic E-state index is 0.0257. The third-order valence-corrected chi connectivity index (χ3v) is 5.14. The molecule has 0 saturated carbocycles. The monoisotopic (exact) mass is 272 g/mol. The average molecular weight is 272 g/mol. The van der Waals surface area contributed by atoms with Gasteiger partial charge in [0.05, 0.1) is 5.75 Å². The van der Waals surface area contributed by atoms with E-state index in [0.717, 1.165) is 19.4 Å². The first-order chi connectivity index (χ1) is 8.59. The number of rotatable bonds is 4. The van der Waals surface area contributed by atoms with Crippen LogP contribution >= 0.6 is 0 Å². The van der Waals surface area contributed by atoms with Crippen molar-refractivity contribution >= 4 is 9.84 Å². The fourth-order valence-electron chi connectivity index (χ4n) is 2.84. The number of nitrogens with one attached hydrogen (secondary N) is 1. The van der Waals surface area contributed by atoms with Gasteiger partial charge in [0.15, 0.2) is 9.84 Å². The van der Waals surface area contributed by atoms with Gasteiger partial charge < -0.3 is 10.2 Å². The van der Waals surface area contributed by atoms with Gasteiger partial charge in [-0.25, -0.2) is 8.42 Å². The average Bonchev–Trinajstić information content (AvgIpc) is 2.51. The zero-order chi connectivity index (χ0) is 13.0. The first-order valence-electron chi connectivity index (χ1n) is 6.98. The highest BCUT2D eigenvalue weighted by molar-refractivity contribution is 7.94. The highest BCUT2D eigenvalue weighted by atomic mass is 32.2. The van der Waals surface area contributed by atoms with Gasteiger partial charge in [0.1, 0.15) is 0 Å². The van der Waals surface area contributed by atoms with Crippen LogP contribution in [0, 0.1) is 0 Å². The van der Waals surface area contributed by atoms with Gasteiger partial charge in [-0.15, -0.1) is 0 Å². The smallest absolute Gasteiger partial charge is 0.173 e. The van der Waals surface area contributed by atoms with Crippen LogP contribution in [0.2, 0.25) is 0 Å². The van der Waals surface area contributed by atoms with Crippen molar-refractivity contribution < 1.29 is 8.42 Å². The van der Waals surface area contributed by atoms with E-state index in [9.17, 15) is 8.42 Å². The lowest BCUT2D eigenvalue weighted by atomic mass is 10.1. The van der Waals surface area contributed by atoms with Crippen LogP contribution < -0.4 is 5.32 Å². The van der Waals surface area contributed by atoms with E-state index in [0.29, 0.717) is 6.04 Å². The van der Waals surface area contributed by atoms with Crippen LogP contribution in [0.3, 0.4) is 0 Å². The Morgan fingerprint density at radius 1 is 1.33 bits per heavy atom. The third kappa shape index (κ3) is 4.07. The molecule has 2 rings (SSSR count). The Bertz CT molecular complexity index is 392. The molecule has 0 amide bonds. The van der Waals surface area contributed by atoms with Gasteiger partial charge >= 0.3 is 0 Å². The molecule has 4 nitrogen and oxygen atoms in total. The molecule has 0 aromatic carbocycles. The van der Waals surface area contributed by atoms with Crippen LogP contribution in [0.25, 0.3) is 0 Å². The Labute approximate surface area is 110 Å². The molecule has 5 heteroatoms. The van der Waals surface area contributed by atoms with Gasteiger partial charge in [-0.1, -0.05) is 13.0 Å². The summed E-state index contributed by atoms with van der Waals surface area (Å²) in [5.41, 5.74) is 0. The maximum Gasteiger partial charge on any atom is 0.173 e. The second-order valence-corrected chi connectivity index (χ2v) is 7.33. The van der Waals surface area contributed by atoms with Crippen molar-refractivity contribution in [3.8, 4) is 0 Å². The van der Waals surface area contributed by atoms with Crippen LogP contribution in [0.1, 0.15) is 32.6 Å². The first-order valence-corrected chi connectivity index (χ1v) is 8.70. The van der Waals surface area contributed by atoms with Crippen molar-refractivity contribution in [2.75, 3.05) is 25.4 Å². The minimum Gasteiger partial charge on any atom is -0.307 e. The minimum atomic E-state index is -2.93. The second kappa shape index (κ2) is 6.17. The predicted octanol–water partition coefficient (Wildman–Crippen LogP) is 1.15. The molecule has 1 N–H and O–H groups in total. The van der Waals surface area contributed by atoms with Gasteiger partial charge in [-0.3, -0.25) is 0 Å². The van der Waals surface area contributed by atoms with Crippen LogP contribution in [-0.2, 0) is 9.84 Å². The lowest BCUT2D eigenvalue weighted by molar-refractivity contribution is 0.282. The fourth-order valence-corrected chi connectivity index (χ4v) is 4.09. The summed E-state index contributed by atoms with van der Waals surface area (Å²) in [6.45, 7) is 5.72. The lowest BCUT2D eigenvalue weighted by Gasteiger charge is -2.21. The lowest BCUT2D eigenvalue weighted by Crippen LogP contribution is -2.39. The second-order valence-electron chi connectivity index (χ2n) is 5.40. The molecule has 2 aliphatic heterocycles. The van der Waals surface area contributed by atoms with Crippen molar-refractivity contribution in [2.24, 2.45) is 0 Å². The van der Waals surface area contributed by atoms with Crippen LogP contribution in [0.15, 0.2) is 11.5 Å². The molecule has 2 unspecified atom stereocenters. The molecule has 1 saturated heterocycles. The number of likely N-dealkylation sites (tertiary alicyclic amines) is 1. The summed E-state index contributed by atoms with van der Waals surface area (Å²) in [6.07, 6.45) is 6.50. The molecule has 18 heavy (non-hydrogen) atoms. The Hall–Kier alpha value is -0.390. The van der Waals surface area contributed by atoms with Crippen LogP contribution in [0.5, 0.6) is 0 Å². The van der Waals surface area contributed by atoms with Crippen molar-refractivity contribution in [3.05, 3.63) is 11.5 Å². The first kappa shape index (κ1) is 14.0. The summed E-state index contributed by atoms with van der Waals surface area (Å²) in [4.78, 5) is 2.52. The molecule has 0 aromatic rings. The highest BCUT2D eigenvalue weighted by Crippen LogP contribution is 2.15. The van der Waals surface area contributed by atoms with Crippen molar-refractivity contribution in [1.29, 1.82) is 0 Å². The van der Waals surface area contributed by atoms with Gasteiger partial charge in [0.25, 0.3) is 0 Å². The SMILES string of the molecule is CCCN1CCCC(NC2C=CS(=O)(=O)C2)CC1. The molecule has 0 aliphatic carbocycles. The summed E-state index contributed by atoms with van der Waals surface area (Å²) in [5.74, 6) is 0.238. The molecule has 0 spiro atoms. The summed E-state index contributed by atoms with van der Waals surface area (Å²) < 4.78 is 22.7. The molecule has 2 atom stereocenters. The fraction of sp³-hybridized carbons (Fsp3) is 0.846. The predicted molar refractivity (Wildman–Crippen MR) is 74.2 cm³/mol. The molecule has 104 valence electrons. The third-order valence-electron chi connectivity index (χ3n) is 3.74. The topological polar surface area (TPSA) is 49.4 Å². The molecule has 2 aliphatic rings. The van der Waals surface area contributed by atoms with Crippen molar-refractivity contribution in [2.45, 2.75) is 44.7 Å². The molecule has 2 heterocycles. The van der Waals surface area contributed by atoms with E-state index in [1.807, 2.05) is 0 Å². The maximum atomic E-state index is 11.4. The van der Waals surface area contributed by atoms with Crippen LogP contribution in [-0.4, -0.2) is 50.8 Å². The number of hydrogen-bond acceptors (Lipinski definition) is 4. The van der Waals surface area contributed by atoms with E-state index in [1.165, 1.54) is 31.3 Å². The van der Waals surface area contributed by atoms with E-state index in [-0.39, 0.29) is 11.8 Å². The number of hydrogen-bond donors (Lipinski definition) is 1. The van der Waals surface area contributed by atoms with E-state index < -0.39 is 9.84 Å². The summed E-state index contributed by atoms with van der Waals surface area (Å²) in [5, 5.41) is 4.84. The molecular formula is C13H24N2O2S. The van der Waals surface area contributed by atoms with Gasteiger partial charge in [-0.2, -0.15) is 0 Å². The summed E-state index contributed by atoms with van der Waals surface area (Å²) in [6, 6.07) is 0.493. The van der Waals surface area contributed by atoms with E-state index >= 15 is 0 Å². The number of sulfone groups is 1. The zero-order valence-corrected chi connectivity index (χ0v) is 12.0. The Balaban J connectivity index is 1.79. The molecule has 0 radical (unpaired) electrons. The highest BCUT2D eigenvalue weighted by Gasteiger charge is 2.25. The maximum absolute atomic E-state index is 11.4. The van der Waals surface area contributed by atoms with Crippen LogP contribution in [0.4, 0.5) is 0 Å². The molecular weight excluding hydrogens is 248 g/mol. The van der Waals surface area contributed by atoms with Crippen molar-refractivity contribution in [1.82, 2.24) is 10.2 Å². The Morgan fingerprint density at radius 2 is 2.17 bits per heavy atom. The van der Waals surface area contributed by atoms with Gasteiger partial charge in [-0.05, 0) is 45.3 Å². The molecule has 0 bridgehead atoms. The summed E-state index contributed by atoms with van der Waals surface area (Å²) in [7, 11) is -2.93. The number of nitrogens with zero attached hydrogens (tertiary/aromatic N) is 1. The van der Waals surface area contributed by atoms with E-state index in [2.05, 4.69) is 17.1 Å². The zero-order valence-electron chi connectivity index (χ0n) is 11.1. The Morgan fingerprint density at radius 3 is 2.83 bits per heavy atom. The van der Waals surface area contributed by atoms with Gasteiger partial charge in [0.2, 0.25) is 0 Å². The molecule has 1 fully saturated rings.